The van der Waals surface area contributed by atoms with E-state index in [9.17, 15) is 0 Å². The number of allylic oxidation sites excluding steroid dienone is 4. The Bertz CT molecular complexity index is 789. The van der Waals surface area contributed by atoms with Crippen LogP contribution in [-0.2, 0) is 6.42 Å². The van der Waals surface area contributed by atoms with Crippen molar-refractivity contribution >= 4 is 0 Å². The average molecular weight is 429 g/mol. The first-order valence-corrected chi connectivity index (χ1v) is 13.0. The van der Waals surface area contributed by atoms with Crippen LogP contribution in [0.5, 0.6) is 0 Å². The fourth-order valence-corrected chi connectivity index (χ4v) is 6.01. The Kier molecular flexibility index (Phi) is 10.6. The Morgan fingerprint density at radius 3 is 1.97 bits per heavy atom. The molecule has 2 aliphatic carbocycles. The van der Waals surface area contributed by atoms with Gasteiger partial charge in [0, 0.05) is 6.08 Å². The van der Waals surface area contributed by atoms with Gasteiger partial charge in [0.1, 0.15) is 0 Å². The van der Waals surface area contributed by atoms with Crippen LogP contribution in [0.4, 0.5) is 0 Å². The first kappa shape index (κ1) is 24.3. The molecule has 0 bridgehead atoms. The van der Waals surface area contributed by atoms with E-state index in [0.29, 0.717) is 0 Å². The Morgan fingerprint density at radius 1 is 0.750 bits per heavy atom. The van der Waals surface area contributed by atoms with Gasteiger partial charge in [-0.15, -0.1) is 0 Å². The van der Waals surface area contributed by atoms with Gasteiger partial charge in [-0.1, -0.05) is 68.9 Å². The van der Waals surface area contributed by atoms with Gasteiger partial charge < -0.3 is 0 Å². The summed E-state index contributed by atoms with van der Waals surface area (Å²) in [4.78, 5) is 0. The number of nitrogens with zero attached hydrogens (tertiary/aromatic N) is 2. The molecular formula is C30H40N2. The van der Waals surface area contributed by atoms with Crippen LogP contribution >= 0.6 is 0 Å². The van der Waals surface area contributed by atoms with Crippen LogP contribution in [0.2, 0.25) is 0 Å². The van der Waals surface area contributed by atoms with Crippen LogP contribution in [0.15, 0.2) is 48.6 Å². The summed E-state index contributed by atoms with van der Waals surface area (Å²) >= 11 is 0. The number of rotatable bonds is 10. The third-order valence-electron chi connectivity index (χ3n) is 8.02. The van der Waals surface area contributed by atoms with Crippen molar-refractivity contribution in [3.63, 3.8) is 0 Å². The van der Waals surface area contributed by atoms with E-state index in [2.05, 4.69) is 24.3 Å². The Balaban J connectivity index is 1.24. The summed E-state index contributed by atoms with van der Waals surface area (Å²) in [6, 6.07) is 12.3. The van der Waals surface area contributed by atoms with E-state index >= 15 is 0 Å². The molecule has 0 saturated heterocycles. The van der Waals surface area contributed by atoms with Crippen molar-refractivity contribution < 1.29 is 0 Å². The van der Waals surface area contributed by atoms with Gasteiger partial charge in [0.15, 0.2) is 0 Å². The molecule has 0 spiro atoms. The van der Waals surface area contributed by atoms with E-state index in [4.69, 9.17) is 10.5 Å². The first-order valence-electron chi connectivity index (χ1n) is 13.0. The van der Waals surface area contributed by atoms with Crippen molar-refractivity contribution in [1.82, 2.24) is 0 Å². The second-order valence-corrected chi connectivity index (χ2v) is 10.1. The molecule has 2 saturated carbocycles. The molecule has 2 aliphatic rings. The van der Waals surface area contributed by atoms with Gasteiger partial charge in [-0.05, 0) is 92.7 Å². The summed E-state index contributed by atoms with van der Waals surface area (Å²) in [6.07, 6.45) is 26.9. The molecule has 0 amide bonds. The maximum Gasteiger partial charge on any atom is 0.0991 e. The van der Waals surface area contributed by atoms with Crippen LogP contribution in [0.3, 0.4) is 0 Å². The lowest BCUT2D eigenvalue weighted by molar-refractivity contribution is 0.140. The van der Waals surface area contributed by atoms with Gasteiger partial charge >= 0.3 is 0 Å². The molecule has 0 aliphatic heterocycles. The molecular weight excluding hydrogens is 388 g/mol. The molecule has 170 valence electrons. The van der Waals surface area contributed by atoms with Crippen molar-refractivity contribution in [1.29, 1.82) is 10.5 Å². The van der Waals surface area contributed by atoms with E-state index < -0.39 is 0 Å². The summed E-state index contributed by atoms with van der Waals surface area (Å²) in [5.41, 5.74) is 2.13. The zero-order valence-electron chi connectivity index (χ0n) is 19.7. The zero-order chi connectivity index (χ0) is 22.4. The SMILES string of the molecule is N#CC=CC=CCC[C@H]1CC[C@H]([C@H]2CC[C@H](CCCCc3ccc(C#N)cc3)CC2)CC1. The van der Waals surface area contributed by atoms with Crippen molar-refractivity contribution in [3.8, 4) is 12.1 Å². The first-order chi connectivity index (χ1) is 15.8. The number of hydrogen-bond donors (Lipinski definition) is 0. The number of unbranched alkanes of at least 4 members (excludes halogenated alkanes) is 1. The highest BCUT2D eigenvalue weighted by atomic mass is 14.4. The van der Waals surface area contributed by atoms with Crippen molar-refractivity contribution in [3.05, 3.63) is 59.7 Å². The third-order valence-corrected chi connectivity index (χ3v) is 8.02. The highest BCUT2D eigenvalue weighted by Gasteiger charge is 2.30. The highest BCUT2D eigenvalue weighted by Crippen LogP contribution is 2.43. The zero-order valence-corrected chi connectivity index (χ0v) is 19.7. The van der Waals surface area contributed by atoms with Crippen molar-refractivity contribution in [2.45, 2.75) is 89.9 Å². The lowest BCUT2D eigenvalue weighted by Crippen LogP contribution is -2.25. The fourth-order valence-electron chi connectivity index (χ4n) is 6.01. The lowest BCUT2D eigenvalue weighted by Gasteiger charge is -2.38. The summed E-state index contributed by atoms with van der Waals surface area (Å²) < 4.78 is 0. The molecule has 0 atom stereocenters. The predicted octanol–water partition coefficient (Wildman–Crippen LogP) is 8.30. The molecule has 0 aromatic heterocycles. The fraction of sp³-hybridized carbons (Fsp3) is 0.600. The van der Waals surface area contributed by atoms with E-state index in [1.54, 1.807) is 0 Å². The average Bonchev–Trinajstić information content (AvgIpc) is 2.85. The van der Waals surface area contributed by atoms with Crippen molar-refractivity contribution in [2.75, 3.05) is 0 Å². The minimum absolute atomic E-state index is 0.761. The second kappa shape index (κ2) is 14.0. The molecule has 1 aromatic carbocycles. The smallest absolute Gasteiger partial charge is 0.0991 e. The highest BCUT2D eigenvalue weighted by molar-refractivity contribution is 5.31. The lowest BCUT2D eigenvalue weighted by atomic mass is 9.68. The summed E-state index contributed by atoms with van der Waals surface area (Å²) in [6.45, 7) is 0. The molecule has 1 aromatic rings. The van der Waals surface area contributed by atoms with Crippen LogP contribution in [0, 0.1) is 46.3 Å². The minimum Gasteiger partial charge on any atom is -0.193 e. The van der Waals surface area contributed by atoms with Gasteiger partial charge in [-0.2, -0.15) is 10.5 Å². The molecule has 32 heavy (non-hydrogen) atoms. The van der Waals surface area contributed by atoms with Crippen LogP contribution in [0.25, 0.3) is 0 Å². The maximum atomic E-state index is 8.90. The number of nitriles is 2. The predicted molar refractivity (Wildman–Crippen MR) is 133 cm³/mol. The molecule has 2 heteroatoms. The third kappa shape index (κ3) is 8.31. The standard InChI is InChI=1S/C30H40N2/c31-23-7-3-1-2-4-8-26-15-19-29(20-16-26)30-21-17-27(18-22-30)10-6-5-9-25-11-13-28(24-32)14-12-25/h1-3,7,11-14,26-27,29-30H,4-6,8-10,15-22H2/t26-,27-,29-,30-. The Labute approximate surface area is 196 Å². The van der Waals surface area contributed by atoms with Gasteiger partial charge in [-0.25, -0.2) is 0 Å². The normalized spacial score (nSPS) is 26.2. The topological polar surface area (TPSA) is 47.6 Å². The number of hydrogen-bond acceptors (Lipinski definition) is 2. The van der Waals surface area contributed by atoms with E-state index in [-0.39, 0.29) is 0 Å². The molecule has 2 nitrogen and oxygen atoms in total. The summed E-state index contributed by atoms with van der Waals surface area (Å²) in [7, 11) is 0. The molecule has 3 rings (SSSR count). The monoisotopic (exact) mass is 428 g/mol. The molecule has 0 N–H and O–H groups in total. The molecule has 0 radical (unpaired) electrons. The number of aryl methyl sites for hydroxylation is 1. The Morgan fingerprint density at radius 2 is 1.38 bits per heavy atom. The van der Waals surface area contributed by atoms with E-state index in [0.717, 1.165) is 42.1 Å². The van der Waals surface area contributed by atoms with Gasteiger partial charge in [0.2, 0.25) is 0 Å². The molecule has 2 fully saturated rings. The van der Waals surface area contributed by atoms with Gasteiger partial charge in [-0.3, -0.25) is 0 Å². The second-order valence-electron chi connectivity index (χ2n) is 10.1. The molecule has 0 heterocycles. The Hall–Kier alpha value is -2.32. The largest absolute Gasteiger partial charge is 0.193 e. The van der Waals surface area contributed by atoms with E-state index in [1.807, 2.05) is 30.4 Å². The summed E-state index contributed by atoms with van der Waals surface area (Å²) in [5.74, 6) is 3.88. The van der Waals surface area contributed by atoms with Gasteiger partial charge in [0.25, 0.3) is 0 Å². The van der Waals surface area contributed by atoms with Gasteiger partial charge in [0.05, 0.1) is 17.7 Å². The minimum atomic E-state index is 0.761. The quantitative estimate of drug-likeness (QED) is 0.214. The van der Waals surface area contributed by atoms with Crippen LogP contribution < -0.4 is 0 Å². The molecule has 0 unspecified atom stereocenters. The number of benzene rings is 1. The van der Waals surface area contributed by atoms with Crippen LogP contribution in [-0.4, -0.2) is 0 Å². The van der Waals surface area contributed by atoms with E-state index in [1.165, 1.54) is 88.7 Å². The summed E-state index contributed by atoms with van der Waals surface area (Å²) in [5, 5.41) is 17.4. The van der Waals surface area contributed by atoms with Crippen molar-refractivity contribution in [2.24, 2.45) is 23.7 Å². The van der Waals surface area contributed by atoms with Crippen LogP contribution in [0.1, 0.15) is 94.6 Å². The maximum absolute atomic E-state index is 8.90.